The molecule has 0 N–H and O–H groups in total. The molecule has 3 rings (SSSR count). The zero-order chi connectivity index (χ0) is 18.5. The number of hydrogen-bond acceptors (Lipinski definition) is 4. The SMILES string of the molecule is COC(=O)c1ccccc1-c1cccc(-c2ccccc2C(=O)OC)c1. The Labute approximate surface area is 152 Å². The molecule has 3 aromatic rings. The minimum Gasteiger partial charge on any atom is -0.465 e. The van der Waals surface area contributed by atoms with Gasteiger partial charge >= 0.3 is 11.9 Å². The first-order valence-electron chi connectivity index (χ1n) is 8.11. The summed E-state index contributed by atoms with van der Waals surface area (Å²) < 4.78 is 9.76. The molecule has 3 aromatic carbocycles. The van der Waals surface area contributed by atoms with Crippen LogP contribution in [-0.2, 0) is 9.47 Å². The highest BCUT2D eigenvalue weighted by atomic mass is 16.5. The van der Waals surface area contributed by atoms with E-state index in [0.717, 1.165) is 22.3 Å². The normalized spacial score (nSPS) is 10.2. The molecular formula is C22H18O4. The lowest BCUT2D eigenvalue weighted by atomic mass is 9.94. The molecule has 0 heterocycles. The molecule has 0 amide bonds. The van der Waals surface area contributed by atoms with E-state index in [0.29, 0.717) is 11.1 Å². The molecule has 0 saturated carbocycles. The molecule has 0 aromatic heterocycles. The largest absolute Gasteiger partial charge is 0.465 e. The van der Waals surface area contributed by atoms with Gasteiger partial charge in [0, 0.05) is 0 Å². The smallest absolute Gasteiger partial charge is 0.338 e. The maximum atomic E-state index is 12.1. The van der Waals surface area contributed by atoms with Gasteiger partial charge < -0.3 is 9.47 Å². The van der Waals surface area contributed by atoms with Crippen LogP contribution in [0.2, 0.25) is 0 Å². The van der Waals surface area contributed by atoms with Gasteiger partial charge in [-0.2, -0.15) is 0 Å². The van der Waals surface area contributed by atoms with Crippen LogP contribution < -0.4 is 0 Å². The molecule has 4 heteroatoms. The molecule has 0 aliphatic rings. The maximum absolute atomic E-state index is 12.1. The summed E-state index contributed by atoms with van der Waals surface area (Å²) in [5.74, 6) is -0.776. The first kappa shape index (κ1) is 17.4. The second kappa shape index (κ2) is 7.66. The Hall–Kier alpha value is -3.40. The van der Waals surface area contributed by atoms with Crippen LogP contribution in [0.3, 0.4) is 0 Å². The highest BCUT2D eigenvalue weighted by molar-refractivity contribution is 5.99. The number of carbonyl (C=O) groups excluding carboxylic acids is 2. The van der Waals surface area contributed by atoms with Gasteiger partial charge in [-0.1, -0.05) is 54.6 Å². The van der Waals surface area contributed by atoms with E-state index in [-0.39, 0.29) is 11.9 Å². The highest BCUT2D eigenvalue weighted by Crippen LogP contribution is 2.30. The quantitative estimate of drug-likeness (QED) is 0.648. The zero-order valence-corrected chi connectivity index (χ0v) is 14.6. The summed E-state index contributed by atoms with van der Waals surface area (Å²) in [6.45, 7) is 0. The van der Waals surface area contributed by atoms with E-state index in [1.807, 2.05) is 48.5 Å². The van der Waals surface area contributed by atoms with Crippen molar-refractivity contribution in [3.05, 3.63) is 83.9 Å². The third kappa shape index (κ3) is 3.35. The van der Waals surface area contributed by atoms with Crippen molar-refractivity contribution in [2.45, 2.75) is 0 Å². The Balaban J connectivity index is 2.12. The Morgan fingerprint density at radius 1 is 0.615 bits per heavy atom. The van der Waals surface area contributed by atoms with Crippen molar-refractivity contribution in [1.29, 1.82) is 0 Å². The van der Waals surface area contributed by atoms with Crippen LogP contribution in [-0.4, -0.2) is 26.2 Å². The molecule has 0 aliphatic heterocycles. The fourth-order valence-electron chi connectivity index (χ4n) is 2.90. The predicted octanol–water partition coefficient (Wildman–Crippen LogP) is 4.59. The van der Waals surface area contributed by atoms with E-state index in [2.05, 4.69) is 0 Å². The van der Waals surface area contributed by atoms with E-state index in [4.69, 9.17) is 9.47 Å². The Morgan fingerprint density at radius 2 is 1.04 bits per heavy atom. The average molecular weight is 346 g/mol. The summed E-state index contributed by atoms with van der Waals surface area (Å²) in [5.41, 5.74) is 4.27. The lowest BCUT2D eigenvalue weighted by Crippen LogP contribution is -2.04. The Bertz CT molecular complexity index is 885. The van der Waals surface area contributed by atoms with Crippen molar-refractivity contribution < 1.29 is 19.1 Å². The van der Waals surface area contributed by atoms with Crippen molar-refractivity contribution >= 4 is 11.9 Å². The highest BCUT2D eigenvalue weighted by Gasteiger charge is 2.15. The van der Waals surface area contributed by atoms with E-state index >= 15 is 0 Å². The molecule has 130 valence electrons. The summed E-state index contributed by atoms with van der Waals surface area (Å²) in [6, 6.07) is 22.2. The third-order valence-corrected chi connectivity index (χ3v) is 4.15. The van der Waals surface area contributed by atoms with Gasteiger partial charge in [0.1, 0.15) is 0 Å². The Morgan fingerprint density at radius 3 is 1.46 bits per heavy atom. The molecule has 0 atom stereocenters. The van der Waals surface area contributed by atoms with E-state index < -0.39 is 0 Å². The van der Waals surface area contributed by atoms with Crippen LogP contribution in [0.5, 0.6) is 0 Å². The molecule has 0 bridgehead atoms. The van der Waals surface area contributed by atoms with Gasteiger partial charge in [0.25, 0.3) is 0 Å². The second-order valence-corrected chi connectivity index (χ2v) is 5.66. The molecule has 0 unspecified atom stereocenters. The number of esters is 2. The molecule has 0 aliphatic carbocycles. The minimum atomic E-state index is -0.388. The van der Waals surface area contributed by atoms with Crippen molar-refractivity contribution in [2.75, 3.05) is 14.2 Å². The number of methoxy groups -OCH3 is 2. The zero-order valence-electron chi connectivity index (χ0n) is 14.6. The number of rotatable bonds is 4. The summed E-state index contributed by atoms with van der Waals surface area (Å²) in [6.07, 6.45) is 0. The Kier molecular flexibility index (Phi) is 5.13. The summed E-state index contributed by atoms with van der Waals surface area (Å²) in [5, 5.41) is 0. The van der Waals surface area contributed by atoms with Crippen LogP contribution in [0.25, 0.3) is 22.3 Å². The number of benzene rings is 3. The van der Waals surface area contributed by atoms with E-state index in [1.165, 1.54) is 14.2 Å². The lowest BCUT2D eigenvalue weighted by molar-refractivity contribution is 0.0592. The predicted molar refractivity (Wildman–Crippen MR) is 100.0 cm³/mol. The van der Waals surface area contributed by atoms with E-state index in [9.17, 15) is 9.59 Å². The molecule has 0 fully saturated rings. The van der Waals surface area contributed by atoms with Gasteiger partial charge in [0.15, 0.2) is 0 Å². The van der Waals surface area contributed by atoms with Crippen LogP contribution in [0.4, 0.5) is 0 Å². The standard InChI is InChI=1S/C22H18O4/c1-25-21(23)19-12-5-3-10-17(19)15-8-7-9-16(14-15)18-11-4-6-13-20(18)22(24)26-2/h3-14H,1-2H3. The maximum Gasteiger partial charge on any atom is 0.338 e. The molecule has 0 saturated heterocycles. The topological polar surface area (TPSA) is 52.6 Å². The van der Waals surface area contributed by atoms with Gasteiger partial charge in [-0.3, -0.25) is 0 Å². The van der Waals surface area contributed by atoms with Crippen molar-refractivity contribution in [2.24, 2.45) is 0 Å². The van der Waals surface area contributed by atoms with Gasteiger partial charge in [-0.25, -0.2) is 9.59 Å². The van der Waals surface area contributed by atoms with E-state index in [1.54, 1.807) is 24.3 Å². The fourth-order valence-corrected chi connectivity index (χ4v) is 2.90. The average Bonchev–Trinajstić information content (AvgIpc) is 2.72. The van der Waals surface area contributed by atoms with Crippen molar-refractivity contribution in [3.63, 3.8) is 0 Å². The molecule has 0 spiro atoms. The van der Waals surface area contributed by atoms with Crippen LogP contribution in [0.1, 0.15) is 20.7 Å². The summed E-state index contributed by atoms with van der Waals surface area (Å²) in [7, 11) is 2.73. The summed E-state index contributed by atoms with van der Waals surface area (Å²) >= 11 is 0. The van der Waals surface area contributed by atoms with Gasteiger partial charge in [-0.05, 0) is 40.5 Å². The molecular weight excluding hydrogens is 328 g/mol. The first-order valence-corrected chi connectivity index (χ1v) is 8.11. The van der Waals surface area contributed by atoms with Crippen LogP contribution >= 0.6 is 0 Å². The van der Waals surface area contributed by atoms with Gasteiger partial charge in [0.05, 0.1) is 25.3 Å². The molecule has 26 heavy (non-hydrogen) atoms. The van der Waals surface area contributed by atoms with Crippen LogP contribution in [0, 0.1) is 0 Å². The number of hydrogen-bond donors (Lipinski definition) is 0. The number of ether oxygens (including phenoxy) is 2. The van der Waals surface area contributed by atoms with Crippen molar-refractivity contribution in [3.8, 4) is 22.3 Å². The minimum absolute atomic E-state index is 0.388. The third-order valence-electron chi connectivity index (χ3n) is 4.15. The van der Waals surface area contributed by atoms with Crippen LogP contribution in [0.15, 0.2) is 72.8 Å². The summed E-state index contributed by atoms with van der Waals surface area (Å²) in [4.78, 5) is 24.1. The fraction of sp³-hybridized carbons (Fsp3) is 0.0909. The monoisotopic (exact) mass is 346 g/mol. The van der Waals surface area contributed by atoms with Gasteiger partial charge in [-0.15, -0.1) is 0 Å². The van der Waals surface area contributed by atoms with Crippen molar-refractivity contribution in [1.82, 2.24) is 0 Å². The molecule has 4 nitrogen and oxygen atoms in total. The first-order chi connectivity index (χ1) is 12.7. The number of carbonyl (C=O) groups is 2. The molecule has 0 radical (unpaired) electrons. The second-order valence-electron chi connectivity index (χ2n) is 5.66. The lowest BCUT2D eigenvalue weighted by Gasteiger charge is -2.12. The van der Waals surface area contributed by atoms with Gasteiger partial charge in [0.2, 0.25) is 0 Å².